The van der Waals surface area contributed by atoms with E-state index in [0.717, 1.165) is 12.8 Å². The van der Waals surface area contributed by atoms with Crippen molar-refractivity contribution in [3.8, 4) is 0 Å². The van der Waals surface area contributed by atoms with Crippen LogP contribution in [0.3, 0.4) is 0 Å². The minimum atomic E-state index is 0.383. The van der Waals surface area contributed by atoms with Crippen LogP contribution in [0.5, 0.6) is 0 Å². The molecule has 2 rings (SSSR count). The van der Waals surface area contributed by atoms with E-state index in [2.05, 4.69) is 41.8 Å². The standard InChI is InChI=1S/C16H24N2/c17-18-16(15-11-5-2-6-12-15)13-7-10-14-8-3-1-4-9-14/h1,3-4,8-9,11,16,18H,2,5-7,10,12-13,17H2. The molecule has 98 valence electrons. The molecule has 2 nitrogen and oxygen atoms in total. The minimum absolute atomic E-state index is 0.383. The van der Waals surface area contributed by atoms with Crippen molar-refractivity contribution in [2.75, 3.05) is 0 Å². The lowest BCUT2D eigenvalue weighted by Gasteiger charge is -2.22. The minimum Gasteiger partial charge on any atom is -0.271 e. The predicted molar refractivity (Wildman–Crippen MR) is 77.0 cm³/mol. The second-order valence-electron chi connectivity index (χ2n) is 5.12. The van der Waals surface area contributed by atoms with Crippen LogP contribution in [0.1, 0.15) is 44.1 Å². The van der Waals surface area contributed by atoms with Gasteiger partial charge in [-0.3, -0.25) is 11.3 Å². The zero-order chi connectivity index (χ0) is 12.6. The highest BCUT2D eigenvalue weighted by Crippen LogP contribution is 2.22. The Labute approximate surface area is 110 Å². The summed E-state index contributed by atoms with van der Waals surface area (Å²) < 4.78 is 0. The second kappa shape index (κ2) is 7.34. The fraction of sp³-hybridized carbons (Fsp3) is 0.500. The van der Waals surface area contributed by atoms with Crippen molar-refractivity contribution in [3.05, 3.63) is 47.5 Å². The van der Waals surface area contributed by atoms with Gasteiger partial charge in [0.1, 0.15) is 0 Å². The Morgan fingerprint density at radius 2 is 2.00 bits per heavy atom. The van der Waals surface area contributed by atoms with Crippen LogP contribution in [-0.4, -0.2) is 6.04 Å². The zero-order valence-corrected chi connectivity index (χ0v) is 11.1. The maximum atomic E-state index is 5.69. The van der Waals surface area contributed by atoms with Crippen LogP contribution in [-0.2, 0) is 6.42 Å². The van der Waals surface area contributed by atoms with Gasteiger partial charge in [0.05, 0.1) is 0 Å². The molecule has 1 unspecified atom stereocenters. The Bertz CT molecular complexity index is 370. The van der Waals surface area contributed by atoms with Gasteiger partial charge in [-0.05, 0) is 50.5 Å². The summed E-state index contributed by atoms with van der Waals surface area (Å²) in [6.07, 6.45) is 11.0. The highest BCUT2D eigenvalue weighted by molar-refractivity contribution is 5.16. The van der Waals surface area contributed by atoms with Crippen LogP contribution < -0.4 is 11.3 Å². The van der Waals surface area contributed by atoms with Crippen LogP contribution >= 0.6 is 0 Å². The Balaban J connectivity index is 1.79. The second-order valence-corrected chi connectivity index (χ2v) is 5.12. The van der Waals surface area contributed by atoms with Gasteiger partial charge in [-0.1, -0.05) is 42.0 Å². The van der Waals surface area contributed by atoms with Crippen LogP contribution in [0.15, 0.2) is 42.0 Å². The monoisotopic (exact) mass is 244 g/mol. The van der Waals surface area contributed by atoms with Crippen LogP contribution in [0, 0.1) is 0 Å². The highest BCUT2D eigenvalue weighted by atomic mass is 15.2. The van der Waals surface area contributed by atoms with Crippen molar-refractivity contribution < 1.29 is 0 Å². The third-order valence-electron chi connectivity index (χ3n) is 3.78. The van der Waals surface area contributed by atoms with E-state index in [1.54, 1.807) is 0 Å². The Kier molecular flexibility index (Phi) is 5.43. The molecule has 18 heavy (non-hydrogen) atoms. The molecule has 1 aromatic carbocycles. The molecule has 0 saturated heterocycles. The molecular formula is C16H24N2. The number of rotatable bonds is 6. The fourth-order valence-corrected chi connectivity index (χ4v) is 2.71. The van der Waals surface area contributed by atoms with E-state index in [1.165, 1.54) is 43.2 Å². The summed E-state index contributed by atoms with van der Waals surface area (Å²) in [5, 5.41) is 0. The van der Waals surface area contributed by atoms with E-state index in [1.807, 2.05) is 0 Å². The summed E-state index contributed by atoms with van der Waals surface area (Å²) in [7, 11) is 0. The number of hydrogen-bond acceptors (Lipinski definition) is 2. The molecule has 0 spiro atoms. The Morgan fingerprint density at radius 3 is 2.67 bits per heavy atom. The molecule has 3 N–H and O–H groups in total. The first-order valence-electron chi connectivity index (χ1n) is 7.09. The van der Waals surface area contributed by atoms with Gasteiger partial charge in [-0.2, -0.15) is 0 Å². The van der Waals surface area contributed by atoms with E-state index < -0.39 is 0 Å². The SMILES string of the molecule is NNC(CCCc1ccccc1)C1=CCCCC1. The average Bonchev–Trinajstić information content (AvgIpc) is 2.46. The molecule has 2 heteroatoms. The molecule has 0 heterocycles. The van der Waals surface area contributed by atoms with Crippen molar-refractivity contribution in [2.45, 2.75) is 51.0 Å². The lowest BCUT2D eigenvalue weighted by Crippen LogP contribution is -2.37. The molecule has 0 aromatic heterocycles. The third kappa shape index (κ3) is 3.97. The maximum absolute atomic E-state index is 5.69. The molecule has 0 amide bonds. The smallest absolute Gasteiger partial charge is 0.0419 e. The fourth-order valence-electron chi connectivity index (χ4n) is 2.71. The summed E-state index contributed by atoms with van der Waals surface area (Å²) in [5.41, 5.74) is 5.94. The number of benzene rings is 1. The summed E-state index contributed by atoms with van der Waals surface area (Å²) in [6, 6.07) is 11.1. The van der Waals surface area contributed by atoms with E-state index in [9.17, 15) is 0 Å². The number of hydrogen-bond donors (Lipinski definition) is 2. The number of nitrogens with two attached hydrogens (primary N) is 1. The van der Waals surface area contributed by atoms with Gasteiger partial charge < -0.3 is 0 Å². The van der Waals surface area contributed by atoms with Crippen molar-refractivity contribution in [2.24, 2.45) is 5.84 Å². The molecule has 1 aliphatic carbocycles. The van der Waals surface area contributed by atoms with Gasteiger partial charge in [-0.25, -0.2) is 0 Å². The first-order chi connectivity index (χ1) is 8.90. The Morgan fingerprint density at radius 1 is 1.17 bits per heavy atom. The molecule has 0 bridgehead atoms. The maximum Gasteiger partial charge on any atom is 0.0419 e. The average molecular weight is 244 g/mol. The summed E-state index contributed by atoms with van der Waals surface area (Å²) in [5.74, 6) is 5.69. The Hall–Kier alpha value is -1.12. The van der Waals surface area contributed by atoms with Gasteiger partial charge >= 0.3 is 0 Å². The summed E-state index contributed by atoms with van der Waals surface area (Å²) in [4.78, 5) is 0. The number of allylic oxidation sites excluding steroid dienone is 1. The normalized spacial score (nSPS) is 17.3. The molecular weight excluding hydrogens is 220 g/mol. The topological polar surface area (TPSA) is 38.0 Å². The van der Waals surface area contributed by atoms with E-state index in [4.69, 9.17) is 5.84 Å². The zero-order valence-electron chi connectivity index (χ0n) is 11.1. The summed E-state index contributed by atoms with van der Waals surface area (Å²) >= 11 is 0. The van der Waals surface area contributed by atoms with Gasteiger partial charge in [0, 0.05) is 6.04 Å². The molecule has 1 aromatic rings. The lowest BCUT2D eigenvalue weighted by atomic mass is 9.91. The van der Waals surface area contributed by atoms with Gasteiger partial charge in [-0.15, -0.1) is 0 Å². The van der Waals surface area contributed by atoms with E-state index in [-0.39, 0.29) is 0 Å². The van der Waals surface area contributed by atoms with Crippen molar-refractivity contribution in [1.29, 1.82) is 0 Å². The van der Waals surface area contributed by atoms with Crippen molar-refractivity contribution >= 4 is 0 Å². The highest BCUT2D eigenvalue weighted by Gasteiger charge is 2.14. The van der Waals surface area contributed by atoms with Crippen LogP contribution in [0.2, 0.25) is 0 Å². The van der Waals surface area contributed by atoms with Crippen molar-refractivity contribution in [3.63, 3.8) is 0 Å². The number of nitrogens with one attached hydrogen (secondary N) is 1. The largest absolute Gasteiger partial charge is 0.271 e. The number of hydrazine groups is 1. The first-order valence-corrected chi connectivity index (χ1v) is 7.09. The molecule has 0 saturated carbocycles. The molecule has 0 fully saturated rings. The summed E-state index contributed by atoms with van der Waals surface area (Å²) in [6.45, 7) is 0. The number of aryl methyl sites for hydroxylation is 1. The van der Waals surface area contributed by atoms with Gasteiger partial charge in [0.25, 0.3) is 0 Å². The molecule has 0 radical (unpaired) electrons. The lowest BCUT2D eigenvalue weighted by molar-refractivity contribution is 0.501. The predicted octanol–water partition coefficient (Wildman–Crippen LogP) is 3.34. The van der Waals surface area contributed by atoms with E-state index in [0.29, 0.717) is 6.04 Å². The quantitative estimate of drug-likeness (QED) is 0.457. The first kappa shape index (κ1) is 13.3. The third-order valence-corrected chi connectivity index (χ3v) is 3.78. The van der Waals surface area contributed by atoms with Crippen molar-refractivity contribution in [1.82, 2.24) is 5.43 Å². The van der Waals surface area contributed by atoms with E-state index >= 15 is 0 Å². The molecule has 0 aliphatic heterocycles. The molecule has 1 aliphatic rings. The van der Waals surface area contributed by atoms with Gasteiger partial charge in [0.15, 0.2) is 0 Å². The van der Waals surface area contributed by atoms with Crippen LogP contribution in [0.25, 0.3) is 0 Å². The van der Waals surface area contributed by atoms with Gasteiger partial charge in [0.2, 0.25) is 0 Å². The van der Waals surface area contributed by atoms with Crippen LogP contribution in [0.4, 0.5) is 0 Å². The molecule has 1 atom stereocenters.